The molecule has 1 aliphatic heterocycles. The zero-order chi connectivity index (χ0) is 23.3. The van der Waals surface area contributed by atoms with Crippen molar-refractivity contribution in [1.29, 1.82) is 0 Å². The van der Waals surface area contributed by atoms with Crippen LogP contribution in [0.2, 0.25) is 0 Å². The van der Waals surface area contributed by atoms with Gasteiger partial charge in [-0.25, -0.2) is 4.39 Å². The van der Waals surface area contributed by atoms with Crippen molar-refractivity contribution in [2.45, 2.75) is 12.6 Å². The number of nitrogens with zero attached hydrogens (tertiary/aromatic N) is 1. The molecular formula is C25H17BrFNO5. The minimum Gasteiger partial charge on any atom is -0.504 e. The van der Waals surface area contributed by atoms with Crippen LogP contribution in [0.25, 0.3) is 11.0 Å². The third-order valence-electron chi connectivity index (χ3n) is 5.71. The fourth-order valence-corrected chi connectivity index (χ4v) is 4.51. The van der Waals surface area contributed by atoms with E-state index in [1.165, 1.54) is 30.2 Å². The molecule has 2 heterocycles. The van der Waals surface area contributed by atoms with Crippen molar-refractivity contribution >= 4 is 32.8 Å². The zero-order valence-corrected chi connectivity index (χ0v) is 18.9. The van der Waals surface area contributed by atoms with Gasteiger partial charge in [-0.15, -0.1) is 0 Å². The number of phenolic OH excluding ortho intramolecular Hbond substituents is 1. The molecule has 0 saturated heterocycles. The van der Waals surface area contributed by atoms with Gasteiger partial charge in [0.1, 0.15) is 11.4 Å². The number of phenols is 1. The smallest absolute Gasteiger partial charge is 0.291 e. The molecule has 0 bridgehead atoms. The number of hydrogen-bond acceptors (Lipinski definition) is 5. The number of hydrogen-bond donors (Lipinski definition) is 1. The molecule has 1 amide bonds. The average molecular weight is 510 g/mol. The van der Waals surface area contributed by atoms with E-state index in [1.807, 2.05) is 0 Å². The molecule has 0 saturated carbocycles. The summed E-state index contributed by atoms with van der Waals surface area (Å²) in [5.41, 5.74) is 1.45. The summed E-state index contributed by atoms with van der Waals surface area (Å²) in [6, 6.07) is 14.7. The van der Waals surface area contributed by atoms with Crippen molar-refractivity contribution in [2.75, 3.05) is 7.11 Å². The van der Waals surface area contributed by atoms with Crippen molar-refractivity contribution in [3.8, 4) is 11.5 Å². The SMILES string of the molecule is COc1cc([C@H]2c3c(oc4ccc(Br)cc4c3=O)C(=O)N2Cc2ccc(F)cc2)ccc1O. The lowest BCUT2D eigenvalue weighted by Gasteiger charge is -2.25. The molecule has 1 N–H and O–H groups in total. The minimum atomic E-state index is -0.785. The molecule has 1 atom stereocenters. The molecule has 166 valence electrons. The molecule has 3 aromatic carbocycles. The van der Waals surface area contributed by atoms with Gasteiger partial charge in [-0.2, -0.15) is 0 Å². The van der Waals surface area contributed by atoms with Crippen LogP contribution in [0.4, 0.5) is 4.39 Å². The second kappa shape index (κ2) is 8.04. The fraction of sp³-hybridized carbons (Fsp3) is 0.120. The van der Waals surface area contributed by atoms with Gasteiger partial charge in [0, 0.05) is 11.0 Å². The first-order valence-corrected chi connectivity index (χ1v) is 10.8. The van der Waals surface area contributed by atoms with E-state index in [1.54, 1.807) is 42.5 Å². The molecule has 4 aromatic rings. The van der Waals surface area contributed by atoms with Crippen molar-refractivity contribution in [1.82, 2.24) is 4.90 Å². The number of amides is 1. The van der Waals surface area contributed by atoms with Crippen LogP contribution in [-0.2, 0) is 6.54 Å². The predicted molar refractivity (Wildman–Crippen MR) is 123 cm³/mol. The van der Waals surface area contributed by atoms with Crippen molar-refractivity contribution in [3.63, 3.8) is 0 Å². The highest BCUT2D eigenvalue weighted by atomic mass is 79.9. The number of carbonyl (C=O) groups excluding carboxylic acids is 1. The fourth-order valence-electron chi connectivity index (χ4n) is 4.15. The number of rotatable bonds is 4. The molecule has 1 aromatic heterocycles. The summed E-state index contributed by atoms with van der Waals surface area (Å²) in [6.45, 7) is 0.122. The van der Waals surface area contributed by atoms with Gasteiger partial charge in [0.2, 0.25) is 5.76 Å². The highest BCUT2D eigenvalue weighted by Gasteiger charge is 2.43. The molecule has 0 aliphatic carbocycles. The van der Waals surface area contributed by atoms with Gasteiger partial charge in [0.15, 0.2) is 16.9 Å². The monoisotopic (exact) mass is 509 g/mol. The normalized spacial score (nSPS) is 15.2. The van der Waals surface area contributed by atoms with E-state index in [9.17, 15) is 19.1 Å². The number of benzene rings is 3. The van der Waals surface area contributed by atoms with Crippen molar-refractivity contribution < 1.29 is 23.4 Å². The van der Waals surface area contributed by atoms with Gasteiger partial charge in [0.25, 0.3) is 5.91 Å². The average Bonchev–Trinajstić information content (AvgIpc) is 3.08. The Labute approximate surface area is 196 Å². The van der Waals surface area contributed by atoms with Crippen LogP contribution < -0.4 is 10.2 Å². The van der Waals surface area contributed by atoms with Gasteiger partial charge < -0.3 is 19.2 Å². The van der Waals surface area contributed by atoms with E-state index in [0.717, 1.165) is 0 Å². The molecular weight excluding hydrogens is 493 g/mol. The van der Waals surface area contributed by atoms with E-state index >= 15 is 0 Å². The largest absolute Gasteiger partial charge is 0.504 e. The summed E-state index contributed by atoms with van der Waals surface area (Å²) in [5, 5.41) is 10.4. The highest BCUT2D eigenvalue weighted by Crippen LogP contribution is 2.41. The first kappa shape index (κ1) is 21.2. The summed E-state index contributed by atoms with van der Waals surface area (Å²) < 4.78 is 25.3. The Kier molecular flexibility index (Phi) is 5.17. The van der Waals surface area contributed by atoms with Crippen LogP contribution in [0.15, 0.2) is 74.3 Å². The van der Waals surface area contributed by atoms with Crippen LogP contribution in [0, 0.1) is 5.82 Å². The van der Waals surface area contributed by atoms with E-state index < -0.39 is 11.9 Å². The van der Waals surface area contributed by atoms with Crippen molar-refractivity contribution in [3.05, 3.63) is 104 Å². The molecule has 5 rings (SSSR count). The maximum absolute atomic E-state index is 13.6. The summed E-state index contributed by atoms with van der Waals surface area (Å²) >= 11 is 3.38. The van der Waals surface area contributed by atoms with Crippen LogP contribution in [0.1, 0.15) is 33.3 Å². The van der Waals surface area contributed by atoms with Gasteiger partial charge in [-0.05, 0) is 53.6 Å². The Hall–Kier alpha value is -3.65. The predicted octanol–water partition coefficient (Wildman–Crippen LogP) is 5.15. The lowest BCUT2D eigenvalue weighted by molar-refractivity contribution is 0.0714. The summed E-state index contributed by atoms with van der Waals surface area (Å²) in [4.78, 5) is 28.5. The van der Waals surface area contributed by atoms with Crippen LogP contribution in [0.3, 0.4) is 0 Å². The number of ether oxygens (including phenoxy) is 1. The number of carbonyl (C=O) groups is 1. The maximum Gasteiger partial charge on any atom is 0.291 e. The van der Waals surface area contributed by atoms with E-state index in [0.29, 0.717) is 26.6 Å². The Morgan fingerprint density at radius 3 is 2.58 bits per heavy atom. The van der Waals surface area contributed by atoms with Crippen molar-refractivity contribution in [2.24, 2.45) is 0 Å². The Morgan fingerprint density at radius 2 is 1.85 bits per heavy atom. The minimum absolute atomic E-state index is 0.0334. The number of fused-ring (bicyclic) bond motifs is 2. The molecule has 0 fully saturated rings. The number of methoxy groups -OCH3 is 1. The molecule has 1 aliphatic rings. The molecule has 6 nitrogen and oxygen atoms in total. The molecule has 33 heavy (non-hydrogen) atoms. The number of halogens is 2. The third-order valence-corrected chi connectivity index (χ3v) is 6.21. The van der Waals surface area contributed by atoms with Crippen LogP contribution >= 0.6 is 15.9 Å². The molecule has 0 radical (unpaired) electrons. The lowest BCUT2D eigenvalue weighted by atomic mass is 9.98. The molecule has 0 spiro atoms. The topological polar surface area (TPSA) is 80.0 Å². The summed E-state index contributed by atoms with van der Waals surface area (Å²) in [6.07, 6.45) is 0. The Morgan fingerprint density at radius 1 is 1.09 bits per heavy atom. The standard InChI is InChI=1S/C25H17BrFNO5/c1-32-20-10-14(4-8-18(20)29)22-21-23(30)17-11-15(26)5-9-19(17)33-24(21)25(31)28(22)12-13-2-6-16(27)7-3-13/h2-11,22,29H,12H2,1H3/t22-/m0/s1. The van der Waals surface area contributed by atoms with Gasteiger partial charge in [-0.1, -0.05) is 34.1 Å². The lowest BCUT2D eigenvalue weighted by Crippen LogP contribution is -2.29. The summed E-state index contributed by atoms with van der Waals surface area (Å²) in [5.74, 6) is -0.723. The Bertz CT molecular complexity index is 1460. The molecule has 8 heteroatoms. The van der Waals surface area contributed by atoms with Gasteiger partial charge >= 0.3 is 0 Å². The zero-order valence-electron chi connectivity index (χ0n) is 17.3. The van der Waals surface area contributed by atoms with Crippen LogP contribution in [0.5, 0.6) is 11.5 Å². The maximum atomic E-state index is 13.6. The van der Waals surface area contributed by atoms with Gasteiger partial charge in [-0.3, -0.25) is 9.59 Å². The quantitative estimate of drug-likeness (QED) is 0.411. The van der Waals surface area contributed by atoms with Crippen LogP contribution in [-0.4, -0.2) is 23.0 Å². The number of aromatic hydroxyl groups is 1. The molecule has 0 unspecified atom stereocenters. The Balaban J connectivity index is 1.73. The van der Waals surface area contributed by atoms with E-state index in [-0.39, 0.29) is 40.6 Å². The van der Waals surface area contributed by atoms with Gasteiger partial charge in [0.05, 0.1) is 24.1 Å². The second-order valence-electron chi connectivity index (χ2n) is 7.71. The second-order valence-corrected chi connectivity index (χ2v) is 8.62. The first-order valence-electron chi connectivity index (χ1n) is 10.1. The third kappa shape index (κ3) is 3.56. The first-order chi connectivity index (χ1) is 15.9. The summed E-state index contributed by atoms with van der Waals surface area (Å²) in [7, 11) is 1.42. The van der Waals surface area contributed by atoms with E-state index in [4.69, 9.17) is 9.15 Å². The van der Waals surface area contributed by atoms with E-state index in [2.05, 4.69) is 15.9 Å². The highest BCUT2D eigenvalue weighted by molar-refractivity contribution is 9.10.